The first-order valence-electron chi connectivity index (χ1n) is 7.46. The smallest absolute Gasteiger partial charge is 0.0847 e. The van der Waals surface area contributed by atoms with Crippen molar-refractivity contribution in [3.8, 4) is 0 Å². The van der Waals surface area contributed by atoms with E-state index in [0.29, 0.717) is 0 Å². The first kappa shape index (κ1) is 16.0. The molecule has 0 heterocycles. The van der Waals surface area contributed by atoms with Gasteiger partial charge in [-0.1, -0.05) is 53.7 Å². The zero-order valence-corrected chi connectivity index (χ0v) is 13.8. The Balaban J connectivity index is 2.13. The van der Waals surface area contributed by atoms with E-state index in [1.807, 2.05) is 7.11 Å². The van der Waals surface area contributed by atoms with E-state index in [9.17, 15) is 0 Å². The number of ether oxygens (including phenoxy) is 1. The highest BCUT2D eigenvalue weighted by Gasteiger charge is 2.38. The second-order valence-electron chi connectivity index (χ2n) is 5.73. The van der Waals surface area contributed by atoms with E-state index < -0.39 is 0 Å². The number of nitrogens with two attached hydrogens (primary N) is 1. The topological polar surface area (TPSA) is 47.3 Å². The Hall–Kier alpha value is -0.420. The van der Waals surface area contributed by atoms with Crippen LogP contribution >= 0.6 is 15.9 Å². The quantitative estimate of drug-likeness (QED) is 0.489. The number of nitrogens with one attached hydrogen (secondary N) is 1. The fourth-order valence-electron chi connectivity index (χ4n) is 3.27. The van der Waals surface area contributed by atoms with Crippen LogP contribution in [0, 0.1) is 0 Å². The van der Waals surface area contributed by atoms with Crippen molar-refractivity contribution in [3.63, 3.8) is 0 Å². The number of hydrazine groups is 1. The maximum atomic E-state index is 5.96. The summed E-state index contributed by atoms with van der Waals surface area (Å²) < 4.78 is 7.06. The number of benzene rings is 1. The number of methoxy groups -OCH3 is 1. The molecule has 0 spiro atoms. The van der Waals surface area contributed by atoms with Crippen molar-refractivity contribution < 1.29 is 4.74 Å². The van der Waals surface area contributed by atoms with E-state index in [2.05, 4.69) is 45.6 Å². The van der Waals surface area contributed by atoms with E-state index in [0.717, 1.165) is 23.7 Å². The second kappa shape index (κ2) is 7.55. The molecule has 0 aliphatic heterocycles. The van der Waals surface area contributed by atoms with Crippen LogP contribution in [0.25, 0.3) is 0 Å². The third-order valence-electron chi connectivity index (χ3n) is 4.55. The van der Waals surface area contributed by atoms with Gasteiger partial charge < -0.3 is 4.74 Å². The predicted molar refractivity (Wildman–Crippen MR) is 86.4 cm³/mol. The Morgan fingerprint density at radius 2 is 1.80 bits per heavy atom. The van der Waals surface area contributed by atoms with Crippen molar-refractivity contribution in [2.45, 2.75) is 56.6 Å². The SMILES string of the molecule is COC1(C(Cc2ccc(Br)cc2)NN)CCCCCC1. The molecule has 0 aromatic heterocycles. The second-order valence-corrected chi connectivity index (χ2v) is 6.65. The molecule has 1 aliphatic carbocycles. The average molecular weight is 341 g/mol. The first-order chi connectivity index (χ1) is 9.70. The molecule has 1 fully saturated rings. The Bertz CT molecular complexity index is 399. The fourth-order valence-corrected chi connectivity index (χ4v) is 3.54. The van der Waals surface area contributed by atoms with Gasteiger partial charge in [0.25, 0.3) is 0 Å². The highest BCUT2D eigenvalue weighted by Crippen LogP contribution is 2.34. The van der Waals surface area contributed by atoms with Crippen molar-refractivity contribution in [3.05, 3.63) is 34.3 Å². The Morgan fingerprint density at radius 3 is 2.30 bits per heavy atom. The fraction of sp³-hybridized carbons (Fsp3) is 0.625. The van der Waals surface area contributed by atoms with Gasteiger partial charge in [-0.25, -0.2) is 0 Å². The Labute approximate surface area is 130 Å². The minimum absolute atomic E-state index is 0.127. The monoisotopic (exact) mass is 340 g/mol. The van der Waals surface area contributed by atoms with Gasteiger partial charge >= 0.3 is 0 Å². The van der Waals surface area contributed by atoms with E-state index in [-0.39, 0.29) is 11.6 Å². The normalized spacial score (nSPS) is 20.4. The predicted octanol–water partition coefficient (Wildman–Crippen LogP) is 3.56. The number of hydrogen-bond acceptors (Lipinski definition) is 3. The van der Waals surface area contributed by atoms with Crippen molar-refractivity contribution >= 4 is 15.9 Å². The van der Waals surface area contributed by atoms with E-state index >= 15 is 0 Å². The summed E-state index contributed by atoms with van der Waals surface area (Å²) in [5.74, 6) is 5.85. The summed E-state index contributed by atoms with van der Waals surface area (Å²) in [6.45, 7) is 0. The molecule has 1 saturated carbocycles. The number of hydrogen-bond donors (Lipinski definition) is 2. The summed E-state index contributed by atoms with van der Waals surface area (Å²) in [7, 11) is 1.83. The van der Waals surface area contributed by atoms with Crippen molar-refractivity contribution in [2.75, 3.05) is 7.11 Å². The summed E-state index contributed by atoms with van der Waals surface area (Å²) >= 11 is 3.47. The van der Waals surface area contributed by atoms with Crippen molar-refractivity contribution in [1.82, 2.24) is 5.43 Å². The molecule has 112 valence electrons. The van der Waals surface area contributed by atoms with Gasteiger partial charge in [-0.05, 0) is 37.0 Å². The van der Waals surface area contributed by atoms with Crippen LogP contribution in [0.15, 0.2) is 28.7 Å². The van der Waals surface area contributed by atoms with Crippen LogP contribution in [0.3, 0.4) is 0 Å². The van der Waals surface area contributed by atoms with Crippen molar-refractivity contribution in [1.29, 1.82) is 0 Å². The summed E-state index contributed by atoms with van der Waals surface area (Å²) in [5.41, 5.74) is 4.18. The van der Waals surface area contributed by atoms with E-state index in [1.165, 1.54) is 31.2 Å². The Kier molecular flexibility index (Phi) is 6.02. The summed E-state index contributed by atoms with van der Waals surface area (Å²) in [4.78, 5) is 0. The maximum absolute atomic E-state index is 5.96. The average Bonchev–Trinajstić information content (AvgIpc) is 2.73. The van der Waals surface area contributed by atoms with Gasteiger partial charge in [0.15, 0.2) is 0 Å². The van der Waals surface area contributed by atoms with Gasteiger partial charge in [0.1, 0.15) is 0 Å². The molecule has 1 aromatic rings. The standard InChI is InChI=1S/C16H25BrN2O/c1-20-16(10-4-2-3-5-11-16)15(19-18)12-13-6-8-14(17)9-7-13/h6-9,15,19H,2-5,10-12,18H2,1H3. The molecule has 20 heavy (non-hydrogen) atoms. The molecule has 1 aliphatic rings. The summed E-state index contributed by atoms with van der Waals surface area (Å²) in [6, 6.07) is 8.61. The molecule has 2 rings (SSSR count). The summed E-state index contributed by atoms with van der Waals surface area (Å²) in [5, 5.41) is 0. The van der Waals surface area contributed by atoms with Crippen LogP contribution in [0.1, 0.15) is 44.1 Å². The molecule has 0 bridgehead atoms. The lowest BCUT2D eigenvalue weighted by Gasteiger charge is -2.39. The van der Waals surface area contributed by atoms with Crippen LogP contribution in [-0.2, 0) is 11.2 Å². The number of rotatable bonds is 5. The number of halogens is 1. The van der Waals surface area contributed by atoms with Gasteiger partial charge in [-0.15, -0.1) is 0 Å². The zero-order chi connectivity index (χ0) is 14.4. The minimum Gasteiger partial charge on any atom is -0.377 e. The highest BCUT2D eigenvalue weighted by molar-refractivity contribution is 9.10. The lowest BCUT2D eigenvalue weighted by molar-refractivity contribution is -0.0527. The maximum Gasteiger partial charge on any atom is 0.0847 e. The van der Waals surface area contributed by atoms with Crippen LogP contribution in [0.4, 0.5) is 0 Å². The molecule has 3 nitrogen and oxygen atoms in total. The minimum atomic E-state index is -0.127. The van der Waals surface area contributed by atoms with Gasteiger partial charge in [-0.2, -0.15) is 0 Å². The summed E-state index contributed by atoms with van der Waals surface area (Å²) in [6.07, 6.45) is 8.15. The largest absolute Gasteiger partial charge is 0.377 e. The first-order valence-corrected chi connectivity index (χ1v) is 8.25. The van der Waals surface area contributed by atoms with Crippen molar-refractivity contribution in [2.24, 2.45) is 5.84 Å². The van der Waals surface area contributed by atoms with E-state index in [1.54, 1.807) is 0 Å². The van der Waals surface area contributed by atoms with E-state index in [4.69, 9.17) is 10.6 Å². The van der Waals surface area contributed by atoms with Crippen LogP contribution in [-0.4, -0.2) is 18.8 Å². The lowest BCUT2D eigenvalue weighted by Crippen LogP contribution is -2.55. The van der Waals surface area contributed by atoms with Gasteiger partial charge in [0, 0.05) is 11.6 Å². The zero-order valence-electron chi connectivity index (χ0n) is 12.2. The molecule has 1 atom stereocenters. The molecule has 3 N–H and O–H groups in total. The van der Waals surface area contributed by atoms with Gasteiger partial charge in [0.05, 0.1) is 11.6 Å². The van der Waals surface area contributed by atoms with Crippen LogP contribution in [0.2, 0.25) is 0 Å². The highest BCUT2D eigenvalue weighted by atomic mass is 79.9. The molecule has 0 radical (unpaired) electrons. The van der Waals surface area contributed by atoms with Crippen LogP contribution < -0.4 is 11.3 Å². The molecule has 1 aromatic carbocycles. The molecule has 4 heteroatoms. The molecule has 1 unspecified atom stereocenters. The van der Waals surface area contributed by atoms with Gasteiger partial charge in [0.2, 0.25) is 0 Å². The molecular formula is C16H25BrN2O. The molecular weight excluding hydrogens is 316 g/mol. The van der Waals surface area contributed by atoms with Gasteiger partial charge in [-0.3, -0.25) is 11.3 Å². The lowest BCUT2D eigenvalue weighted by atomic mass is 9.83. The third kappa shape index (κ3) is 3.82. The Morgan fingerprint density at radius 1 is 1.20 bits per heavy atom. The molecule has 0 amide bonds. The third-order valence-corrected chi connectivity index (χ3v) is 5.07. The molecule has 0 saturated heterocycles. The van der Waals surface area contributed by atoms with Crippen LogP contribution in [0.5, 0.6) is 0 Å².